The summed E-state index contributed by atoms with van der Waals surface area (Å²) in [5, 5.41) is 13.5. The number of hydrogen-bond acceptors (Lipinski definition) is 9. The van der Waals surface area contributed by atoms with Crippen molar-refractivity contribution in [2.45, 2.75) is 9.10 Å². The highest BCUT2D eigenvalue weighted by Gasteiger charge is 2.22. The van der Waals surface area contributed by atoms with Gasteiger partial charge in [-0.15, -0.1) is 0 Å². The lowest BCUT2D eigenvalue weighted by molar-refractivity contribution is -0.384. The molecular formula is C18H12ClN3O7S2. The molecule has 0 atom stereocenters. The molecule has 1 aromatic heterocycles. The number of aromatic nitrogens is 1. The van der Waals surface area contributed by atoms with E-state index in [4.69, 9.17) is 16.3 Å². The van der Waals surface area contributed by atoms with E-state index in [2.05, 4.69) is 10.3 Å². The van der Waals surface area contributed by atoms with Crippen molar-refractivity contribution in [3.8, 4) is 0 Å². The van der Waals surface area contributed by atoms with Gasteiger partial charge in [0.2, 0.25) is 9.84 Å². The minimum atomic E-state index is -3.98. The van der Waals surface area contributed by atoms with Crippen LogP contribution in [0.15, 0.2) is 63.8 Å². The number of ether oxygens (including phenoxy) is 1. The number of rotatable bonds is 7. The first kappa shape index (κ1) is 22.3. The zero-order chi connectivity index (χ0) is 22.6. The van der Waals surface area contributed by atoms with Crippen LogP contribution < -0.4 is 5.32 Å². The van der Waals surface area contributed by atoms with Gasteiger partial charge in [-0.1, -0.05) is 22.9 Å². The molecule has 31 heavy (non-hydrogen) atoms. The second-order valence-electron chi connectivity index (χ2n) is 5.87. The largest absolute Gasteiger partial charge is 0.452 e. The van der Waals surface area contributed by atoms with E-state index in [0.717, 1.165) is 30.5 Å². The van der Waals surface area contributed by atoms with Gasteiger partial charge in [-0.2, -0.15) is 0 Å². The van der Waals surface area contributed by atoms with Crippen molar-refractivity contribution in [3.05, 3.63) is 75.4 Å². The maximum Gasteiger partial charge on any atom is 0.338 e. The van der Waals surface area contributed by atoms with Crippen LogP contribution in [0, 0.1) is 10.1 Å². The quantitative estimate of drug-likeness (QED) is 0.307. The van der Waals surface area contributed by atoms with E-state index in [0.29, 0.717) is 16.4 Å². The van der Waals surface area contributed by atoms with E-state index >= 15 is 0 Å². The van der Waals surface area contributed by atoms with Crippen molar-refractivity contribution in [1.29, 1.82) is 0 Å². The Morgan fingerprint density at radius 2 is 1.77 bits per heavy atom. The number of non-ortho nitro benzene ring substituents is 1. The molecule has 3 rings (SSSR count). The maximum atomic E-state index is 12.6. The molecule has 0 saturated carbocycles. The average Bonchev–Trinajstić information content (AvgIpc) is 3.22. The molecule has 0 fully saturated rings. The number of nitrogens with zero attached hydrogens (tertiary/aromatic N) is 2. The van der Waals surface area contributed by atoms with Crippen LogP contribution in [-0.2, 0) is 19.4 Å². The lowest BCUT2D eigenvalue weighted by Gasteiger charge is -2.04. The van der Waals surface area contributed by atoms with E-state index in [-0.39, 0.29) is 25.5 Å². The first-order chi connectivity index (χ1) is 14.7. The number of carbonyl (C=O) groups is 2. The van der Waals surface area contributed by atoms with Crippen LogP contribution in [0.2, 0.25) is 5.02 Å². The van der Waals surface area contributed by atoms with Crippen LogP contribution >= 0.6 is 22.9 Å². The number of amides is 1. The molecule has 0 aliphatic heterocycles. The molecule has 0 unspecified atom stereocenters. The summed E-state index contributed by atoms with van der Waals surface area (Å²) in [6.45, 7) is -0.606. The normalized spacial score (nSPS) is 11.0. The summed E-state index contributed by atoms with van der Waals surface area (Å²) in [6, 6.07) is 10.3. The molecule has 0 bridgehead atoms. The first-order valence-corrected chi connectivity index (χ1v) is 11.0. The fraction of sp³-hybridized carbons (Fsp3) is 0.0556. The number of esters is 1. The zero-order valence-electron chi connectivity index (χ0n) is 15.3. The van der Waals surface area contributed by atoms with Gasteiger partial charge in [-0.25, -0.2) is 18.2 Å². The Labute approximate surface area is 184 Å². The molecular weight excluding hydrogens is 470 g/mol. The van der Waals surface area contributed by atoms with Crippen LogP contribution in [0.25, 0.3) is 0 Å². The molecule has 10 nitrogen and oxygen atoms in total. The minimum absolute atomic E-state index is 0.0203. The van der Waals surface area contributed by atoms with Crippen molar-refractivity contribution >= 4 is 55.5 Å². The third-order valence-electron chi connectivity index (χ3n) is 3.77. The van der Waals surface area contributed by atoms with Crippen LogP contribution in [0.3, 0.4) is 0 Å². The third kappa shape index (κ3) is 5.42. The Morgan fingerprint density at radius 3 is 2.39 bits per heavy atom. The van der Waals surface area contributed by atoms with Crippen LogP contribution in [0.5, 0.6) is 0 Å². The Morgan fingerprint density at radius 1 is 1.13 bits per heavy atom. The number of benzene rings is 2. The molecule has 3 aromatic rings. The predicted octanol–water partition coefficient (Wildman–Crippen LogP) is 3.33. The number of hydrogen-bond donors (Lipinski definition) is 1. The summed E-state index contributed by atoms with van der Waals surface area (Å²) in [5.74, 6) is -1.44. The van der Waals surface area contributed by atoms with Crippen molar-refractivity contribution in [2.75, 3.05) is 11.9 Å². The smallest absolute Gasteiger partial charge is 0.338 e. The molecule has 0 aliphatic carbocycles. The highest BCUT2D eigenvalue weighted by Crippen LogP contribution is 2.29. The Kier molecular flexibility index (Phi) is 6.63. The van der Waals surface area contributed by atoms with Gasteiger partial charge in [0.15, 0.2) is 11.7 Å². The molecule has 1 amide bonds. The van der Waals surface area contributed by atoms with Gasteiger partial charge >= 0.3 is 5.97 Å². The standard InChI is InChI=1S/C18H12ClN3O7S2/c19-12-3-1-11(2-4-12)17(24)29-10-15(23)21-18-20-9-16(30-18)31(27,28)14-7-5-13(6-8-14)22(25)26/h1-9H,10H2,(H,20,21,23). The van der Waals surface area contributed by atoms with Crippen LogP contribution in [0.4, 0.5) is 10.8 Å². The van der Waals surface area contributed by atoms with E-state index < -0.39 is 33.2 Å². The Hall–Kier alpha value is -3.35. The van der Waals surface area contributed by atoms with Crippen LogP contribution in [-0.4, -0.2) is 36.8 Å². The highest BCUT2D eigenvalue weighted by molar-refractivity contribution is 7.93. The lowest BCUT2D eigenvalue weighted by atomic mass is 10.2. The number of nitrogens with one attached hydrogen (secondary N) is 1. The highest BCUT2D eigenvalue weighted by atomic mass is 35.5. The second kappa shape index (κ2) is 9.20. The Balaban J connectivity index is 1.62. The maximum absolute atomic E-state index is 12.6. The summed E-state index contributed by atoms with van der Waals surface area (Å²) >= 11 is 6.42. The molecule has 13 heteroatoms. The van der Waals surface area contributed by atoms with Crippen LogP contribution in [0.1, 0.15) is 10.4 Å². The lowest BCUT2D eigenvalue weighted by Crippen LogP contribution is -2.20. The zero-order valence-corrected chi connectivity index (χ0v) is 17.7. The van der Waals surface area contributed by atoms with Crippen molar-refractivity contribution in [1.82, 2.24) is 4.98 Å². The SMILES string of the molecule is O=C(COC(=O)c1ccc(Cl)cc1)Nc1ncc(S(=O)(=O)c2ccc([N+](=O)[O-])cc2)s1. The van der Waals surface area contributed by atoms with E-state index in [9.17, 15) is 28.1 Å². The van der Waals surface area contributed by atoms with Gasteiger partial charge in [0.25, 0.3) is 11.6 Å². The molecule has 0 saturated heterocycles. The topological polar surface area (TPSA) is 146 Å². The van der Waals surface area contributed by atoms with Gasteiger partial charge in [-0.05, 0) is 36.4 Å². The summed E-state index contributed by atoms with van der Waals surface area (Å²) in [4.78, 5) is 37.6. The predicted molar refractivity (Wildman–Crippen MR) is 111 cm³/mol. The molecule has 0 aliphatic rings. The molecule has 0 radical (unpaired) electrons. The number of sulfone groups is 1. The molecule has 1 heterocycles. The van der Waals surface area contributed by atoms with E-state index in [1.807, 2.05) is 0 Å². The average molecular weight is 482 g/mol. The molecule has 1 N–H and O–H groups in total. The van der Waals surface area contributed by atoms with E-state index in [1.54, 1.807) is 0 Å². The summed E-state index contributed by atoms with van der Waals surface area (Å²) in [5.41, 5.74) is -0.0349. The number of nitro groups is 1. The fourth-order valence-electron chi connectivity index (χ4n) is 2.26. The van der Waals surface area contributed by atoms with Gasteiger partial charge in [0.1, 0.15) is 4.21 Å². The minimum Gasteiger partial charge on any atom is -0.452 e. The van der Waals surface area contributed by atoms with Gasteiger partial charge in [0, 0.05) is 17.2 Å². The molecule has 0 spiro atoms. The van der Waals surface area contributed by atoms with Gasteiger partial charge in [0.05, 0.1) is 21.6 Å². The van der Waals surface area contributed by atoms with Crippen molar-refractivity contribution in [3.63, 3.8) is 0 Å². The third-order valence-corrected chi connectivity index (χ3v) is 7.16. The van der Waals surface area contributed by atoms with Gasteiger partial charge in [-0.3, -0.25) is 20.2 Å². The molecule has 160 valence electrons. The van der Waals surface area contributed by atoms with Crippen molar-refractivity contribution in [2.24, 2.45) is 0 Å². The summed E-state index contributed by atoms with van der Waals surface area (Å²) in [6.07, 6.45) is 1.05. The number of halogens is 1. The van der Waals surface area contributed by atoms with Crippen molar-refractivity contribution < 1.29 is 27.7 Å². The van der Waals surface area contributed by atoms with Gasteiger partial charge < -0.3 is 4.74 Å². The number of anilines is 1. The first-order valence-electron chi connectivity index (χ1n) is 8.35. The monoisotopic (exact) mass is 481 g/mol. The number of carbonyl (C=O) groups excluding carboxylic acids is 2. The number of thiazole rings is 1. The summed E-state index contributed by atoms with van der Waals surface area (Å²) in [7, 11) is -3.98. The second-order valence-corrected chi connectivity index (χ2v) is 9.51. The number of nitro benzene ring substituents is 1. The fourth-order valence-corrected chi connectivity index (χ4v) is 4.83. The van der Waals surface area contributed by atoms with E-state index in [1.165, 1.54) is 24.3 Å². The Bertz CT molecular complexity index is 1240. The molecule has 2 aromatic carbocycles. The summed E-state index contributed by atoms with van der Waals surface area (Å²) < 4.78 is 30.0.